The highest BCUT2D eigenvalue weighted by Gasteiger charge is 2.60. The van der Waals surface area contributed by atoms with Crippen LogP contribution in [0.2, 0.25) is 16.1 Å². The van der Waals surface area contributed by atoms with Crippen LogP contribution in [-0.4, -0.2) is 8.32 Å². The Kier molecular flexibility index (Phi) is 4.46. The molecule has 110 valence electrons. The van der Waals surface area contributed by atoms with E-state index in [1.807, 2.05) is 0 Å². The number of rotatable bonds is 2. The third-order valence-corrected chi connectivity index (χ3v) is 10.8. The van der Waals surface area contributed by atoms with Gasteiger partial charge in [-0.25, -0.2) is 0 Å². The van der Waals surface area contributed by atoms with E-state index >= 15 is 0 Å². The molecule has 1 rings (SSSR count). The highest BCUT2D eigenvalue weighted by Crippen LogP contribution is 2.59. The summed E-state index contributed by atoms with van der Waals surface area (Å²) >= 11 is 0. The Bertz CT molecular complexity index is 374. The fourth-order valence-electron chi connectivity index (χ4n) is 3.39. The van der Waals surface area contributed by atoms with Crippen LogP contribution in [0, 0.1) is 5.92 Å². The molecule has 0 amide bonds. The van der Waals surface area contributed by atoms with Crippen LogP contribution in [0.25, 0.3) is 0 Å². The summed E-state index contributed by atoms with van der Waals surface area (Å²) in [5.41, 5.74) is 1.52. The van der Waals surface area contributed by atoms with Gasteiger partial charge in [0.05, 0.1) is 0 Å². The molecule has 1 nitrogen and oxygen atoms in total. The summed E-state index contributed by atoms with van der Waals surface area (Å²) in [6, 6.07) is 1.18. The molecule has 0 unspecified atom stereocenters. The van der Waals surface area contributed by atoms with E-state index in [1.54, 1.807) is 0 Å². The van der Waals surface area contributed by atoms with Crippen LogP contribution in [-0.2, 0) is 4.43 Å². The van der Waals surface area contributed by atoms with Crippen molar-refractivity contribution in [3.8, 4) is 0 Å². The Morgan fingerprint density at radius 1 is 1.05 bits per heavy atom. The molecule has 0 N–H and O–H groups in total. The summed E-state index contributed by atoms with van der Waals surface area (Å²) in [4.78, 5) is 0. The topological polar surface area (TPSA) is 9.23 Å². The molecule has 0 fully saturated rings. The van der Waals surface area contributed by atoms with E-state index in [4.69, 9.17) is 4.43 Å². The fourth-order valence-corrected chi connectivity index (χ4v) is 9.08. The van der Waals surface area contributed by atoms with Crippen LogP contribution in [0.15, 0.2) is 23.5 Å². The number of hydrogen-bond acceptors (Lipinski definition) is 1. The van der Waals surface area contributed by atoms with E-state index in [-0.39, 0.29) is 10.1 Å². The lowest BCUT2D eigenvalue weighted by Crippen LogP contribution is -2.52. The Labute approximate surface area is 121 Å². The van der Waals surface area contributed by atoms with Gasteiger partial charge in [0.15, 0.2) is 0 Å². The first-order valence-electron chi connectivity index (χ1n) is 7.51. The smallest absolute Gasteiger partial charge is 0.265 e. The predicted molar refractivity (Wildman–Crippen MR) is 87.8 cm³/mol. The zero-order chi connectivity index (χ0) is 15.1. The largest absolute Gasteiger partial charge is 0.542 e. The van der Waals surface area contributed by atoms with Crippen LogP contribution in [0.1, 0.15) is 62.3 Å². The van der Waals surface area contributed by atoms with Crippen LogP contribution in [0.3, 0.4) is 0 Å². The lowest BCUT2D eigenvalue weighted by molar-refractivity contribution is 0.366. The SMILES string of the molecule is C/C=C\C1=C(C(C)C)C[Si](C(C)(C)C)(C(C)(C)C)O1. The summed E-state index contributed by atoms with van der Waals surface area (Å²) in [6.07, 6.45) is 4.27. The van der Waals surface area contributed by atoms with Gasteiger partial charge in [0.1, 0.15) is 5.76 Å². The minimum Gasteiger partial charge on any atom is -0.542 e. The molecule has 1 aliphatic heterocycles. The van der Waals surface area contributed by atoms with Gasteiger partial charge in [0.2, 0.25) is 0 Å². The van der Waals surface area contributed by atoms with Crippen molar-refractivity contribution in [2.75, 3.05) is 0 Å². The second-order valence-electron chi connectivity index (χ2n) is 8.15. The van der Waals surface area contributed by atoms with E-state index in [1.165, 1.54) is 11.6 Å². The maximum atomic E-state index is 6.72. The van der Waals surface area contributed by atoms with Crippen LogP contribution in [0.4, 0.5) is 0 Å². The van der Waals surface area contributed by atoms with Gasteiger partial charge < -0.3 is 4.43 Å². The molecule has 0 aromatic carbocycles. The van der Waals surface area contributed by atoms with Crippen LogP contribution < -0.4 is 0 Å². The molecular weight excluding hydrogens is 248 g/mol. The predicted octanol–water partition coefficient (Wildman–Crippen LogP) is 6.05. The van der Waals surface area contributed by atoms with Crippen molar-refractivity contribution in [1.82, 2.24) is 0 Å². The summed E-state index contributed by atoms with van der Waals surface area (Å²) in [5, 5.41) is 0.490. The summed E-state index contributed by atoms with van der Waals surface area (Å²) in [5.74, 6) is 1.74. The molecule has 0 spiro atoms. The molecule has 0 atom stereocenters. The standard InChI is InChI=1S/C17H32OSi/c1-10-11-15-14(13(2)3)12-19(18-15,16(4,5)6)17(7,8)9/h10-11,13H,12H2,1-9H3/b11-10-. The molecular formula is C17H32OSi. The first-order valence-corrected chi connectivity index (χ1v) is 9.62. The molecule has 0 saturated carbocycles. The second-order valence-corrected chi connectivity index (χ2v) is 13.4. The lowest BCUT2D eigenvalue weighted by Gasteiger charge is -2.48. The third kappa shape index (κ3) is 2.84. The summed E-state index contributed by atoms with van der Waals surface area (Å²) in [6.45, 7) is 20.8. The quantitative estimate of drug-likeness (QED) is 0.560. The van der Waals surface area contributed by atoms with Gasteiger partial charge in [-0.05, 0) is 34.6 Å². The molecule has 0 saturated heterocycles. The van der Waals surface area contributed by atoms with Gasteiger partial charge in [-0.3, -0.25) is 0 Å². The van der Waals surface area contributed by atoms with E-state index in [2.05, 4.69) is 74.5 Å². The van der Waals surface area contributed by atoms with Gasteiger partial charge in [-0.1, -0.05) is 61.5 Å². The molecule has 0 aromatic heterocycles. The van der Waals surface area contributed by atoms with Crippen molar-refractivity contribution in [2.45, 2.75) is 78.4 Å². The molecule has 0 radical (unpaired) electrons. The highest BCUT2D eigenvalue weighted by atomic mass is 28.4. The maximum absolute atomic E-state index is 6.72. The molecule has 2 heteroatoms. The van der Waals surface area contributed by atoms with E-state index in [0.717, 1.165) is 5.76 Å². The van der Waals surface area contributed by atoms with Gasteiger partial charge >= 0.3 is 0 Å². The van der Waals surface area contributed by atoms with Crippen molar-refractivity contribution in [3.63, 3.8) is 0 Å². The highest BCUT2D eigenvalue weighted by molar-refractivity contribution is 6.80. The average Bonchev–Trinajstić information content (AvgIpc) is 2.57. The monoisotopic (exact) mass is 280 g/mol. The normalized spacial score (nSPS) is 20.5. The van der Waals surface area contributed by atoms with Crippen LogP contribution in [0.5, 0.6) is 0 Å². The summed E-state index contributed by atoms with van der Waals surface area (Å²) < 4.78 is 6.72. The van der Waals surface area contributed by atoms with Crippen molar-refractivity contribution in [2.24, 2.45) is 5.92 Å². The van der Waals surface area contributed by atoms with E-state index in [0.29, 0.717) is 5.92 Å². The number of hydrogen-bond donors (Lipinski definition) is 0. The fraction of sp³-hybridized carbons (Fsp3) is 0.765. The Morgan fingerprint density at radius 2 is 1.53 bits per heavy atom. The van der Waals surface area contributed by atoms with E-state index in [9.17, 15) is 0 Å². The van der Waals surface area contributed by atoms with Gasteiger partial charge in [0, 0.05) is 6.04 Å². The second kappa shape index (κ2) is 5.12. The van der Waals surface area contributed by atoms with Gasteiger partial charge in [0.25, 0.3) is 8.32 Å². The molecule has 0 aliphatic carbocycles. The Hall–Kier alpha value is -0.503. The van der Waals surface area contributed by atoms with Crippen molar-refractivity contribution in [3.05, 3.63) is 23.5 Å². The molecule has 0 bridgehead atoms. The minimum absolute atomic E-state index is 0.245. The zero-order valence-electron chi connectivity index (χ0n) is 14.3. The number of allylic oxidation sites excluding steroid dienone is 3. The maximum Gasteiger partial charge on any atom is 0.265 e. The Morgan fingerprint density at radius 3 is 1.84 bits per heavy atom. The van der Waals surface area contributed by atoms with Crippen molar-refractivity contribution < 1.29 is 4.43 Å². The first-order chi connectivity index (χ1) is 8.46. The van der Waals surface area contributed by atoms with Gasteiger partial charge in [-0.15, -0.1) is 0 Å². The first kappa shape index (κ1) is 16.6. The summed E-state index contributed by atoms with van der Waals surface area (Å²) in [7, 11) is -1.89. The van der Waals surface area contributed by atoms with Crippen molar-refractivity contribution in [1.29, 1.82) is 0 Å². The molecule has 0 aromatic rings. The average molecular weight is 281 g/mol. The third-order valence-electron chi connectivity index (χ3n) is 4.48. The Balaban J connectivity index is 3.32. The molecule has 1 aliphatic rings. The molecule has 1 heterocycles. The minimum atomic E-state index is -1.89. The zero-order valence-corrected chi connectivity index (χ0v) is 15.3. The van der Waals surface area contributed by atoms with Crippen LogP contribution >= 0.6 is 0 Å². The van der Waals surface area contributed by atoms with Gasteiger partial charge in [-0.2, -0.15) is 0 Å². The van der Waals surface area contributed by atoms with E-state index < -0.39 is 8.32 Å². The molecule has 19 heavy (non-hydrogen) atoms. The lowest BCUT2D eigenvalue weighted by atomic mass is 10.0. The van der Waals surface area contributed by atoms with Crippen molar-refractivity contribution >= 4 is 8.32 Å².